The molecule has 2 heterocycles. The third-order valence-electron chi connectivity index (χ3n) is 8.33. The summed E-state index contributed by atoms with van der Waals surface area (Å²) in [4.78, 5) is 62.7. The van der Waals surface area contributed by atoms with Crippen molar-refractivity contribution in [3.8, 4) is 0 Å². The van der Waals surface area contributed by atoms with Gasteiger partial charge in [-0.25, -0.2) is 4.79 Å². The topological polar surface area (TPSA) is 152 Å². The number of ether oxygens (including phenoxy) is 3. The molecule has 5 rings (SSSR count). The monoisotopic (exact) mass is 582 g/mol. The van der Waals surface area contributed by atoms with E-state index in [9.17, 15) is 24.0 Å². The van der Waals surface area contributed by atoms with E-state index in [2.05, 4.69) is 28.1 Å². The average Bonchev–Trinajstić information content (AvgIpc) is 3.54. The largest absolute Gasteiger partial charge is 0.449 e. The van der Waals surface area contributed by atoms with Gasteiger partial charge in [-0.1, -0.05) is 18.2 Å². The van der Waals surface area contributed by atoms with Crippen LogP contribution in [-0.2, 0) is 23.8 Å². The Kier molecular flexibility index (Phi) is 9.85. The van der Waals surface area contributed by atoms with Crippen LogP contribution in [0.2, 0.25) is 0 Å². The first-order valence-electron chi connectivity index (χ1n) is 14.7. The van der Waals surface area contributed by atoms with E-state index in [0.717, 1.165) is 17.7 Å². The molecule has 0 aromatic heterocycles. The molecule has 1 saturated carbocycles. The lowest BCUT2D eigenvalue weighted by molar-refractivity contribution is -0.136. The minimum Gasteiger partial charge on any atom is -0.449 e. The van der Waals surface area contributed by atoms with Gasteiger partial charge in [-0.3, -0.25) is 29.4 Å². The van der Waals surface area contributed by atoms with E-state index in [4.69, 9.17) is 14.2 Å². The Hall–Kier alpha value is -3.77. The van der Waals surface area contributed by atoms with Crippen LogP contribution in [-0.4, -0.2) is 86.8 Å². The second-order valence-electron chi connectivity index (χ2n) is 11.0. The van der Waals surface area contributed by atoms with Crippen LogP contribution >= 0.6 is 0 Å². The Morgan fingerprint density at radius 1 is 0.905 bits per heavy atom. The quantitative estimate of drug-likeness (QED) is 0.181. The van der Waals surface area contributed by atoms with Crippen LogP contribution in [0.1, 0.15) is 59.2 Å². The van der Waals surface area contributed by atoms with Gasteiger partial charge in [0, 0.05) is 25.2 Å². The van der Waals surface area contributed by atoms with Crippen LogP contribution in [0.3, 0.4) is 0 Å². The lowest BCUT2D eigenvalue weighted by atomic mass is 10.0. The van der Waals surface area contributed by atoms with E-state index in [0.29, 0.717) is 69.6 Å². The molecule has 2 aliphatic carbocycles. The summed E-state index contributed by atoms with van der Waals surface area (Å²) in [5.41, 5.74) is 0.901. The maximum Gasteiger partial charge on any atom is 0.407 e. The highest BCUT2D eigenvalue weighted by atomic mass is 16.6. The predicted molar refractivity (Wildman–Crippen MR) is 151 cm³/mol. The molecule has 2 fully saturated rings. The Labute approximate surface area is 244 Å². The number of nitrogens with one attached hydrogen (secondary N) is 3. The maximum atomic E-state index is 13.1. The summed E-state index contributed by atoms with van der Waals surface area (Å²) >= 11 is 0. The molecular formula is C30H38N4O8. The molecule has 1 aromatic carbocycles. The van der Waals surface area contributed by atoms with E-state index >= 15 is 0 Å². The fraction of sp³-hybridized carbons (Fsp3) is 0.567. The molecule has 1 saturated heterocycles. The van der Waals surface area contributed by atoms with Crippen molar-refractivity contribution >= 4 is 35.4 Å². The summed E-state index contributed by atoms with van der Waals surface area (Å²) in [6.45, 7) is 2.58. The minimum absolute atomic E-state index is 0.0679. The van der Waals surface area contributed by atoms with Crippen molar-refractivity contribution in [1.82, 2.24) is 15.5 Å². The molecule has 3 unspecified atom stereocenters. The number of imide groups is 2. The maximum absolute atomic E-state index is 13.1. The van der Waals surface area contributed by atoms with E-state index in [1.807, 2.05) is 0 Å². The number of benzene rings is 1. The molecule has 12 nitrogen and oxygen atoms in total. The number of hydrogen-bond donors (Lipinski definition) is 3. The van der Waals surface area contributed by atoms with Gasteiger partial charge in [0.25, 0.3) is 11.8 Å². The van der Waals surface area contributed by atoms with Crippen LogP contribution in [0.25, 0.3) is 0 Å². The third-order valence-corrected chi connectivity index (χ3v) is 8.33. The summed E-state index contributed by atoms with van der Waals surface area (Å²) in [6.07, 6.45) is 8.87. The molecule has 3 atom stereocenters. The zero-order valence-corrected chi connectivity index (χ0v) is 23.6. The van der Waals surface area contributed by atoms with Crippen LogP contribution in [0.5, 0.6) is 0 Å². The number of anilines is 1. The van der Waals surface area contributed by atoms with Gasteiger partial charge in [0.05, 0.1) is 44.2 Å². The number of amides is 5. The van der Waals surface area contributed by atoms with E-state index < -0.39 is 35.8 Å². The fourth-order valence-corrected chi connectivity index (χ4v) is 6.13. The minimum atomic E-state index is -1.01. The first-order chi connectivity index (χ1) is 20.5. The number of rotatable bonds is 13. The van der Waals surface area contributed by atoms with Crippen molar-refractivity contribution in [3.63, 3.8) is 0 Å². The van der Waals surface area contributed by atoms with Gasteiger partial charge < -0.3 is 24.8 Å². The number of fused-ring (bicyclic) bond motifs is 2. The van der Waals surface area contributed by atoms with Gasteiger partial charge in [0.1, 0.15) is 6.04 Å². The van der Waals surface area contributed by atoms with Gasteiger partial charge in [-0.05, 0) is 62.0 Å². The second kappa shape index (κ2) is 13.9. The van der Waals surface area contributed by atoms with Gasteiger partial charge >= 0.3 is 6.09 Å². The van der Waals surface area contributed by atoms with Crippen molar-refractivity contribution in [2.24, 2.45) is 17.8 Å². The molecule has 42 heavy (non-hydrogen) atoms. The number of carbonyl (C=O) groups is 5. The lowest BCUT2D eigenvalue weighted by Gasteiger charge is -2.27. The Bertz CT molecular complexity index is 1220. The summed E-state index contributed by atoms with van der Waals surface area (Å²) < 4.78 is 16.5. The van der Waals surface area contributed by atoms with Crippen LogP contribution in [0.4, 0.5) is 10.5 Å². The molecule has 12 heteroatoms. The molecule has 5 amide bonds. The molecule has 4 aliphatic rings. The number of piperidine rings is 1. The number of alkyl carbamates (subject to hydrolysis) is 1. The first-order valence-corrected chi connectivity index (χ1v) is 14.7. The molecule has 0 radical (unpaired) electrons. The SMILES string of the molecule is O=C1CCC(N2C(=O)c3cccc(NCCOCCOCCNC(=O)OCC4C5CC/C=C/CCC54)c3C2=O)C(=O)N1. The highest BCUT2D eigenvalue weighted by Crippen LogP contribution is 2.52. The molecule has 2 aliphatic heterocycles. The normalized spacial score (nSPS) is 25.6. The summed E-state index contributed by atoms with van der Waals surface area (Å²) in [7, 11) is 0. The Morgan fingerprint density at radius 3 is 2.33 bits per heavy atom. The van der Waals surface area contributed by atoms with Gasteiger partial charge in [0.2, 0.25) is 11.8 Å². The molecule has 1 aromatic rings. The van der Waals surface area contributed by atoms with Crippen molar-refractivity contribution < 1.29 is 38.2 Å². The van der Waals surface area contributed by atoms with Crippen molar-refractivity contribution in [2.75, 3.05) is 51.4 Å². The third kappa shape index (κ3) is 6.99. The van der Waals surface area contributed by atoms with Crippen LogP contribution in [0.15, 0.2) is 30.4 Å². The molecular weight excluding hydrogens is 544 g/mol. The number of nitrogens with zero attached hydrogens (tertiary/aromatic N) is 1. The van der Waals surface area contributed by atoms with Gasteiger partial charge in [-0.2, -0.15) is 0 Å². The number of hydrogen-bond acceptors (Lipinski definition) is 9. The smallest absolute Gasteiger partial charge is 0.407 e. The Balaban J connectivity index is 0.926. The molecule has 226 valence electrons. The van der Waals surface area contributed by atoms with E-state index in [-0.39, 0.29) is 24.0 Å². The highest BCUT2D eigenvalue weighted by molar-refractivity contribution is 6.25. The van der Waals surface area contributed by atoms with E-state index in [1.54, 1.807) is 18.2 Å². The van der Waals surface area contributed by atoms with Crippen LogP contribution < -0.4 is 16.0 Å². The van der Waals surface area contributed by atoms with Gasteiger partial charge in [0.15, 0.2) is 0 Å². The van der Waals surface area contributed by atoms with Gasteiger partial charge in [-0.15, -0.1) is 0 Å². The molecule has 3 N–H and O–H groups in total. The standard InChI is InChI=1S/C30H38N4O8/c35-25-11-10-24(27(36)33-25)34-28(37)21-8-5-9-23(26(21)29(34)38)31-12-14-40-16-17-41-15-13-32-30(39)42-18-22-19-6-3-1-2-4-7-20(19)22/h1-2,5,8-9,19-20,22,24,31H,3-4,6-7,10-18H2,(H,32,39)(H,33,35,36)/b2-1+. The average molecular weight is 583 g/mol. The predicted octanol–water partition coefficient (Wildman–Crippen LogP) is 2.25. The zero-order valence-electron chi connectivity index (χ0n) is 23.6. The second-order valence-corrected chi connectivity index (χ2v) is 11.0. The van der Waals surface area contributed by atoms with Crippen LogP contribution in [0, 0.1) is 17.8 Å². The summed E-state index contributed by atoms with van der Waals surface area (Å²) in [5.74, 6) is -0.287. The first kappa shape index (κ1) is 29.7. The molecule has 0 spiro atoms. The Morgan fingerprint density at radius 2 is 1.62 bits per heavy atom. The summed E-state index contributed by atoms with van der Waals surface area (Å²) in [5, 5.41) is 8.03. The van der Waals surface area contributed by atoms with Crippen molar-refractivity contribution in [2.45, 2.75) is 44.6 Å². The lowest BCUT2D eigenvalue weighted by Crippen LogP contribution is -2.54. The molecule has 0 bridgehead atoms. The zero-order chi connectivity index (χ0) is 29.5. The number of carbonyl (C=O) groups excluding carboxylic acids is 5. The van der Waals surface area contributed by atoms with Crippen molar-refractivity contribution in [3.05, 3.63) is 41.5 Å². The van der Waals surface area contributed by atoms with E-state index in [1.165, 1.54) is 12.8 Å². The van der Waals surface area contributed by atoms with Crippen molar-refractivity contribution in [1.29, 1.82) is 0 Å². The summed E-state index contributed by atoms with van der Waals surface area (Å²) in [6, 6.07) is 3.90. The highest BCUT2D eigenvalue weighted by Gasteiger charge is 2.49. The fourth-order valence-electron chi connectivity index (χ4n) is 6.13. The number of allylic oxidation sites excluding steroid dienone is 2.